The summed E-state index contributed by atoms with van der Waals surface area (Å²) in [6.07, 6.45) is 0. The third-order valence-electron chi connectivity index (χ3n) is 2.85. The lowest BCUT2D eigenvalue weighted by Crippen LogP contribution is -2.06. The van der Waals surface area contributed by atoms with Crippen molar-refractivity contribution in [3.8, 4) is 11.1 Å². The van der Waals surface area contributed by atoms with E-state index in [0.717, 1.165) is 22.7 Å². The van der Waals surface area contributed by atoms with Gasteiger partial charge in [0.25, 0.3) is 0 Å². The van der Waals surface area contributed by atoms with Crippen LogP contribution in [0.25, 0.3) is 11.1 Å². The van der Waals surface area contributed by atoms with E-state index < -0.39 is 0 Å². The molecule has 2 aromatic carbocycles. The van der Waals surface area contributed by atoms with Crippen LogP contribution >= 0.6 is 23.2 Å². The van der Waals surface area contributed by atoms with Crippen LogP contribution in [0.15, 0.2) is 36.4 Å². The SMILES string of the molecule is CNCc1ccc(C)cc1-c1cc(Cl)ccc1Cl. The highest BCUT2D eigenvalue weighted by atomic mass is 35.5. The lowest BCUT2D eigenvalue weighted by atomic mass is 9.97. The Morgan fingerprint density at radius 1 is 1.00 bits per heavy atom. The van der Waals surface area contributed by atoms with E-state index in [2.05, 4.69) is 30.4 Å². The van der Waals surface area contributed by atoms with Crippen molar-refractivity contribution >= 4 is 23.2 Å². The highest BCUT2D eigenvalue weighted by Gasteiger charge is 2.09. The van der Waals surface area contributed by atoms with Gasteiger partial charge in [0.05, 0.1) is 0 Å². The predicted molar refractivity (Wildman–Crippen MR) is 79.4 cm³/mol. The summed E-state index contributed by atoms with van der Waals surface area (Å²) in [6.45, 7) is 2.88. The first-order valence-electron chi connectivity index (χ1n) is 5.81. The molecule has 0 aliphatic heterocycles. The third kappa shape index (κ3) is 2.86. The number of halogens is 2. The second-order valence-corrected chi connectivity index (χ2v) is 5.16. The molecule has 0 saturated carbocycles. The zero-order valence-corrected chi connectivity index (χ0v) is 11.9. The van der Waals surface area contributed by atoms with Crippen molar-refractivity contribution in [3.63, 3.8) is 0 Å². The van der Waals surface area contributed by atoms with Crippen LogP contribution in [0.1, 0.15) is 11.1 Å². The Morgan fingerprint density at radius 2 is 1.78 bits per heavy atom. The molecule has 3 heteroatoms. The lowest BCUT2D eigenvalue weighted by molar-refractivity contribution is 0.819. The molecule has 0 atom stereocenters. The van der Waals surface area contributed by atoms with Gasteiger partial charge < -0.3 is 5.32 Å². The zero-order chi connectivity index (χ0) is 13.1. The second-order valence-electron chi connectivity index (χ2n) is 4.32. The normalized spacial score (nSPS) is 10.7. The standard InChI is InChI=1S/C15H15Cl2N/c1-10-3-4-11(9-18-2)13(7-10)14-8-12(16)5-6-15(14)17/h3-8,18H,9H2,1-2H3. The summed E-state index contributed by atoms with van der Waals surface area (Å²) in [7, 11) is 1.93. The predicted octanol–water partition coefficient (Wildman–Crippen LogP) is 4.69. The van der Waals surface area contributed by atoms with Gasteiger partial charge in [0.15, 0.2) is 0 Å². The van der Waals surface area contributed by atoms with Gasteiger partial charge in [-0.2, -0.15) is 0 Å². The summed E-state index contributed by atoms with van der Waals surface area (Å²) in [5, 5.41) is 4.60. The first-order chi connectivity index (χ1) is 8.61. The van der Waals surface area contributed by atoms with Gasteiger partial charge in [0.1, 0.15) is 0 Å². The largest absolute Gasteiger partial charge is 0.316 e. The average Bonchev–Trinajstić information content (AvgIpc) is 2.35. The average molecular weight is 280 g/mol. The van der Waals surface area contributed by atoms with Crippen molar-refractivity contribution in [1.29, 1.82) is 0 Å². The summed E-state index contributed by atoms with van der Waals surface area (Å²) >= 11 is 12.3. The molecule has 94 valence electrons. The van der Waals surface area contributed by atoms with E-state index >= 15 is 0 Å². The maximum Gasteiger partial charge on any atom is 0.0485 e. The van der Waals surface area contributed by atoms with Crippen LogP contribution in [0.4, 0.5) is 0 Å². The Labute approximate surface area is 118 Å². The number of rotatable bonds is 3. The quantitative estimate of drug-likeness (QED) is 0.860. The van der Waals surface area contributed by atoms with Gasteiger partial charge in [0.2, 0.25) is 0 Å². The van der Waals surface area contributed by atoms with Crippen LogP contribution < -0.4 is 5.32 Å². The fraction of sp³-hybridized carbons (Fsp3) is 0.200. The molecule has 0 radical (unpaired) electrons. The van der Waals surface area contributed by atoms with Gasteiger partial charge in [-0.3, -0.25) is 0 Å². The molecule has 0 fully saturated rings. The summed E-state index contributed by atoms with van der Waals surface area (Å²) in [4.78, 5) is 0. The van der Waals surface area contributed by atoms with Crippen LogP contribution in [-0.4, -0.2) is 7.05 Å². The summed E-state index contributed by atoms with van der Waals surface area (Å²) in [6, 6.07) is 11.9. The lowest BCUT2D eigenvalue weighted by Gasteiger charge is -2.12. The Balaban J connectivity index is 2.61. The molecule has 1 nitrogen and oxygen atoms in total. The summed E-state index contributed by atoms with van der Waals surface area (Å²) < 4.78 is 0. The van der Waals surface area contributed by atoms with Gasteiger partial charge in [0, 0.05) is 22.2 Å². The number of aryl methyl sites for hydroxylation is 1. The molecule has 0 bridgehead atoms. The summed E-state index contributed by atoms with van der Waals surface area (Å²) in [5.74, 6) is 0. The van der Waals surface area contributed by atoms with E-state index in [1.54, 1.807) is 6.07 Å². The highest BCUT2D eigenvalue weighted by Crippen LogP contribution is 2.33. The second kappa shape index (κ2) is 5.75. The van der Waals surface area contributed by atoms with Gasteiger partial charge in [-0.25, -0.2) is 0 Å². The third-order valence-corrected chi connectivity index (χ3v) is 3.42. The van der Waals surface area contributed by atoms with Crippen molar-refractivity contribution < 1.29 is 0 Å². The van der Waals surface area contributed by atoms with Crippen molar-refractivity contribution in [3.05, 3.63) is 57.6 Å². The van der Waals surface area contributed by atoms with Gasteiger partial charge in [-0.1, -0.05) is 47.0 Å². The van der Waals surface area contributed by atoms with Crippen LogP contribution in [0.3, 0.4) is 0 Å². The maximum atomic E-state index is 6.28. The molecule has 18 heavy (non-hydrogen) atoms. The van der Waals surface area contributed by atoms with Crippen LogP contribution in [0.2, 0.25) is 10.0 Å². The fourth-order valence-electron chi connectivity index (χ4n) is 1.99. The fourth-order valence-corrected chi connectivity index (χ4v) is 2.38. The van der Waals surface area contributed by atoms with Crippen LogP contribution in [0, 0.1) is 6.92 Å². The minimum atomic E-state index is 0.700. The Kier molecular flexibility index (Phi) is 4.28. The molecule has 0 aliphatic rings. The van der Waals surface area contributed by atoms with Crippen molar-refractivity contribution in [2.45, 2.75) is 13.5 Å². The smallest absolute Gasteiger partial charge is 0.0485 e. The molecular weight excluding hydrogens is 265 g/mol. The van der Waals surface area contributed by atoms with Crippen molar-refractivity contribution in [1.82, 2.24) is 5.32 Å². The molecule has 0 saturated heterocycles. The monoisotopic (exact) mass is 279 g/mol. The number of nitrogens with one attached hydrogen (secondary N) is 1. The first kappa shape index (κ1) is 13.4. The zero-order valence-electron chi connectivity index (χ0n) is 10.4. The Morgan fingerprint density at radius 3 is 2.50 bits per heavy atom. The molecule has 0 aliphatic carbocycles. The maximum absolute atomic E-state index is 6.28. The molecular formula is C15H15Cl2N. The van der Waals surface area contributed by atoms with E-state index in [9.17, 15) is 0 Å². The number of benzene rings is 2. The molecule has 2 rings (SSSR count). The van der Waals surface area contributed by atoms with Crippen LogP contribution in [-0.2, 0) is 6.54 Å². The van der Waals surface area contributed by atoms with Gasteiger partial charge in [-0.05, 0) is 43.3 Å². The van der Waals surface area contributed by atoms with Crippen molar-refractivity contribution in [2.24, 2.45) is 0 Å². The van der Waals surface area contributed by atoms with Crippen molar-refractivity contribution in [2.75, 3.05) is 7.05 Å². The van der Waals surface area contributed by atoms with E-state index in [1.165, 1.54) is 11.1 Å². The minimum Gasteiger partial charge on any atom is -0.316 e. The van der Waals surface area contributed by atoms with E-state index in [1.807, 2.05) is 19.2 Å². The first-order valence-corrected chi connectivity index (χ1v) is 6.57. The number of hydrogen-bond acceptors (Lipinski definition) is 1. The topological polar surface area (TPSA) is 12.0 Å². The van der Waals surface area contributed by atoms with Gasteiger partial charge >= 0.3 is 0 Å². The minimum absolute atomic E-state index is 0.700. The van der Waals surface area contributed by atoms with Gasteiger partial charge in [-0.15, -0.1) is 0 Å². The Hall–Kier alpha value is -1.02. The number of hydrogen-bond donors (Lipinski definition) is 1. The molecule has 0 aromatic heterocycles. The van der Waals surface area contributed by atoms with E-state index in [0.29, 0.717) is 5.02 Å². The molecule has 2 aromatic rings. The van der Waals surface area contributed by atoms with Crippen LogP contribution in [0.5, 0.6) is 0 Å². The molecule has 0 unspecified atom stereocenters. The summed E-state index contributed by atoms with van der Waals surface area (Å²) in [5.41, 5.74) is 4.54. The molecule has 0 amide bonds. The molecule has 0 spiro atoms. The molecule has 0 heterocycles. The molecule has 1 N–H and O–H groups in total. The van der Waals surface area contributed by atoms with E-state index in [-0.39, 0.29) is 0 Å². The Bertz CT molecular complexity index is 564. The van der Waals surface area contributed by atoms with E-state index in [4.69, 9.17) is 23.2 Å². The highest BCUT2D eigenvalue weighted by molar-refractivity contribution is 6.35.